The van der Waals surface area contributed by atoms with Gasteiger partial charge in [0.1, 0.15) is 16.3 Å². The van der Waals surface area contributed by atoms with Crippen molar-refractivity contribution in [2.75, 3.05) is 64.6 Å². The van der Waals surface area contributed by atoms with Crippen LogP contribution in [0.25, 0.3) is 21.5 Å². The zero-order valence-corrected chi connectivity index (χ0v) is 43.6. The molecule has 0 aliphatic carbocycles. The van der Waals surface area contributed by atoms with Crippen molar-refractivity contribution >= 4 is 85.0 Å². The third-order valence-electron chi connectivity index (χ3n) is 12.7. The summed E-state index contributed by atoms with van der Waals surface area (Å²) in [6.07, 6.45) is 11.3. The number of ether oxygens (including phenoxy) is 2. The van der Waals surface area contributed by atoms with Crippen LogP contribution in [0.4, 0.5) is 11.4 Å². The summed E-state index contributed by atoms with van der Waals surface area (Å²) in [5.74, 6) is -0.114. The highest BCUT2D eigenvalue weighted by atomic mass is 32.2. The molecule has 2 aliphatic rings. The molecule has 2 aliphatic heterocycles. The normalized spacial score (nSPS) is 16.6. The number of unbranched alkanes of at least 4 members (excludes halogenated alkanes) is 2. The number of amides is 1. The molecule has 2 heterocycles. The number of likely N-dealkylation sites (N-methyl/N-ethyl adjacent to an activating group) is 1. The van der Waals surface area contributed by atoms with E-state index in [2.05, 4.69) is 10.6 Å². The Hall–Kier alpha value is -4.92. The lowest BCUT2D eigenvalue weighted by atomic mass is 9.79. The van der Waals surface area contributed by atoms with Gasteiger partial charge in [0.15, 0.2) is 5.71 Å². The molecule has 0 bridgehead atoms. The maximum absolute atomic E-state index is 12.6. The molecule has 19 nitrogen and oxygen atoms in total. The largest absolute Gasteiger partial charge is 0.378 e. The van der Waals surface area contributed by atoms with Gasteiger partial charge in [-0.25, -0.2) is 0 Å². The second kappa shape index (κ2) is 21.7. The quantitative estimate of drug-likeness (QED) is 0.0212. The molecule has 4 aromatic rings. The summed E-state index contributed by atoms with van der Waals surface area (Å²) in [5, 5.41) is 6.37. The minimum atomic E-state index is -4.97. The molecular formula is C48H61N4O15S4+. The molecule has 0 fully saturated rings. The van der Waals surface area contributed by atoms with Gasteiger partial charge in [0.2, 0.25) is 11.6 Å². The zero-order valence-electron chi connectivity index (χ0n) is 40.3. The maximum atomic E-state index is 12.6. The monoisotopic (exact) mass is 1060 g/mol. The first-order valence-electron chi connectivity index (χ1n) is 22.8. The molecule has 1 amide bonds. The average Bonchev–Trinajstić information content (AvgIpc) is 3.64. The van der Waals surface area contributed by atoms with E-state index < -0.39 is 70.9 Å². The van der Waals surface area contributed by atoms with Gasteiger partial charge in [0, 0.05) is 71.3 Å². The van der Waals surface area contributed by atoms with E-state index in [0.29, 0.717) is 93.9 Å². The molecule has 0 aromatic heterocycles. The highest BCUT2D eigenvalue weighted by molar-refractivity contribution is 7.87. The van der Waals surface area contributed by atoms with Crippen LogP contribution in [0.3, 0.4) is 0 Å². The van der Waals surface area contributed by atoms with E-state index in [1.54, 1.807) is 30.4 Å². The smallest absolute Gasteiger partial charge is 0.295 e. The highest BCUT2D eigenvalue weighted by Crippen LogP contribution is 2.52. The molecule has 0 saturated heterocycles. The fraction of sp³-hybridized carbons (Fsp3) is 0.417. The predicted octanol–water partition coefficient (Wildman–Crippen LogP) is 6.10. The number of hydrogen-bond donors (Lipinski definition) is 6. The van der Waals surface area contributed by atoms with Crippen LogP contribution >= 0.6 is 0 Å². The number of nitrogens with one attached hydrogen (secondary N) is 2. The SMILES string of the molecule is CC[N+]1=C(/C=C/C=C/C=C2/N(CCCCCC(=O)NCCOCCOCCNC)c3ccc4c(S(=O)(=O)O)cc(S(=O)(=O)O)cc4c3C2(C)C)C(C)(C)c2c1ccc1c(S(=O)(=O)O)cc(S(=O)(=O)O)cc21. The van der Waals surface area contributed by atoms with Crippen LogP contribution in [-0.4, -0.2) is 128 Å². The van der Waals surface area contributed by atoms with E-state index in [0.717, 1.165) is 24.0 Å². The van der Waals surface area contributed by atoms with Gasteiger partial charge in [0.25, 0.3) is 40.5 Å². The Morgan fingerprint density at radius 1 is 0.662 bits per heavy atom. The second-order valence-corrected chi connectivity index (χ2v) is 23.8. The summed E-state index contributed by atoms with van der Waals surface area (Å²) in [5.41, 5.74) is 2.13. The van der Waals surface area contributed by atoms with E-state index in [1.165, 1.54) is 24.3 Å². The molecule has 6 N–H and O–H groups in total. The fourth-order valence-corrected chi connectivity index (χ4v) is 12.2. The van der Waals surface area contributed by atoms with Crippen molar-refractivity contribution in [2.45, 2.75) is 90.7 Å². The van der Waals surface area contributed by atoms with Crippen molar-refractivity contribution in [3.8, 4) is 0 Å². The number of anilines is 1. The van der Waals surface area contributed by atoms with Gasteiger partial charge in [0.05, 0.1) is 41.6 Å². The molecule has 0 unspecified atom stereocenters. The van der Waals surface area contributed by atoms with Gasteiger partial charge in [-0.05, 0) is 99.5 Å². The first-order valence-corrected chi connectivity index (χ1v) is 28.6. The molecule has 0 spiro atoms. The average molecular weight is 1060 g/mol. The molecule has 71 heavy (non-hydrogen) atoms. The summed E-state index contributed by atoms with van der Waals surface area (Å²) >= 11 is 0. The van der Waals surface area contributed by atoms with E-state index in [1.807, 2.05) is 63.3 Å². The van der Waals surface area contributed by atoms with Crippen LogP contribution in [0.1, 0.15) is 71.4 Å². The molecule has 4 aromatic carbocycles. The summed E-state index contributed by atoms with van der Waals surface area (Å²) in [4.78, 5) is 11.9. The predicted molar refractivity (Wildman–Crippen MR) is 269 cm³/mol. The van der Waals surface area contributed by atoms with E-state index in [9.17, 15) is 56.7 Å². The lowest BCUT2D eigenvalue weighted by molar-refractivity contribution is -0.433. The van der Waals surface area contributed by atoms with Crippen LogP contribution in [0.15, 0.2) is 104 Å². The number of nitrogens with zero attached hydrogens (tertiary/aromatic N) is 2. The number of allylic oxidation sites excluding steroid dienone is 6. The molecule has 0 saturated carbocycles. The Bertz CT molecular complexity index is 3330. The number of benzene rings is 4. The number of carbonyl (C=O) groups excluding carboxylic acids is 1. The summed E-state index contributed by atoms with van der Waals surface area (Å²) < 4.78 is 153. The molecular weight excluding hydrogens is 1000 g/mol. The summed E-state index contributed by atoms with van der Waals surface area (Å²) in [7, 11) is -17.9. The Morgan fingerprint density at radius 3 is 1.77 bits per heavy atom. The van der Waals surface area contributed by atoms with Crippen molar-refractivity contribution in [3.63, 3.8) is 0 Å². The number of carbonyl (C=O) groups is 1. The van der Waals surface area contributed by atoms with Gasteiger partial charge in [-0.15, -0.1) is 0 Å². The Labute approximate surface area is 415 Å². The van der Waals surface area contributed by atoms with Crippen molar-refractivity contribution < 1.29 is 70.7 Å². The van der Waals surface area contributed by atoms with E-state index >= 15 is 0 Å². The van der Waals surface area contributed by atoms with Crippen LogP contribution < -0.4 is 15.5 Å². The first-order chi connectivity index (χ1) is 33.1. The maximum Gasteiger partial charge on any atom is 0.295 e. The topological polar surface area (TPSA) is 283 Å². The van der Waals surface area contributed by atoms with Crippen molar-refractivity contribution in [1.29, 1.82) is 0 Å². The van der Waals surface area contributed by atoms with Gasteiger partial charge < -0.3 is 25.0 Å². The Balaban J connectivity index is 1.29. The number of hydrogen-bond acceptors (Lipinski definition) is 13. The number of fused-ring (bicyclic) bond motifs is 6. The van der Waals surface area contributed by atoms with Gasteiger partial charge >= 0.3 is 0 Å². The third-order valence-corrected chi connectivity index (χ3v) is 16.2. The minimum Gasteiger partial charge on any atom is -0.378 e. The Morgan fingerprint density at radius 2 is 1.23 bits per heavy atom. The fourth-order valence-electron chi connectivity index (χ4n) is 9.52. The highest BCUT2D eigenvalue weighted by Gasteiger charge is 2.46. The third kappa shape index (κ3) is 12.1. The van der Waals surface area contributed by atoms with Crippen LogP contribution in [-0.2, 0) is 65.6 Å². The van der Waals surface area contributed by atoms with Crippen LogP contribution in [0, 0.1) is 0 Å². The second-order valence-electron chi connectivity index (χ2n) is 18.2. The first kappa shape index (κ1) is 55.4. The van der Waals surface area contributed by atoms with Crippen LogP contribution in [0.5, 0.6) is 0 Å². The summed E-state index contributed by atoms with van der Waals surface area (Å²) in [6.45, 7) is 13.3. The molecule has 6 rings (SSSR count). The van der Waals surface area contributed by atoms with Crippen molar-refractivity contribution in [2.24, 2.45) is 0 Å². The van der Waals surface area contributed by atoms with E-state index in [-0.39, 0.29) is 33.9 Å². The summed E-state index contributed by atoms with van der Waals surface area (Å²) in [6, 6.07) is 10.2. The Kier molecular flexibility index (Phi) is 16.9. The number of rotatable bonds is 23. The van der Waals surface area contributed by atoms with Crippen LogP contribution in [0.2, 0.25) is 0 Å². The molecule has 0 radical (unpaired) electrons. The van der Waals surface area contributed by atoms with Gasteiger partial charge in [-0.3, -0.25) is 23.0 Å². The zero-order chi connectivity index (χ0) is 52.3. The van der Waals surface area contributed by atoms with Gasteiger partial charge in [-0.2, -0.15) is 38.2 Å². The van der Waals surface area contributed by atoms with Gasteiger partial charge in [-0.1, -0.05) is 44.6 Å². The van der Waals surface area contributed by atoms with Crippen molar-refractivity contribution in [1.82, 2.24) is 10.6 Å². The lowest BCUT2D eigenvalue weighted by Gasteiger charge is -2.27. The molecule has 0 atom stereocenters. The van der Waals surface area contributed by atoms with Crippen molar-refractivity contribution in [3.05, 3.63) is 95.7 Å². The lowest BCUT2D eigenvalue weighted by Crippen LogP contribution is -2.28. The minimum absolute atomic E-state index is 0.0505. The molecule has 23 heteroatoms. The standard InChI is InChI=1S/C48H60N4O15S4/c1-7-51-38-19-17-34-36(28-32(68(54,55)56)30-40(34)70(60,61)62)45(38)47(2,3)42(51)14-10-8-11-15-43-48(4,5)46-37-29-33(69(57,58)59)31-41(71(63,64)65)35(37)18-20-39(46)52(43)23-13-9-12-16-44(53)50-22-25-67-27-26-66-24-21-49-6/h8,10-11,14-15,17-20,28-31,49H,7,9,12-13,16,21-27H2,1-6H3,(H4-,50,53,54,55,56,57,58,59,60,61,62,63,64,65)/p+1. The molecule has 386 valence electrons. The van der Waals surface area contributed by atoms with E-state index in [4.69, 9.17) is 9.47 Å².